The predicted octanol–water partition coefficient (Wildman–Crippen LogP) is 5.66. The fourth-order valence-electron chi connectivity index (χ4n) is 2.74. The van der Waals surface area contributed by atoms with Crippen LogP contribution in [0.5, 0.6) is 5.75 Å². The highest BCUT2D eigenvalue weighted by molar-refractivity contribution is 7.17. The van der Waals surface area contributed by atoms with Crippen LogP contribution in [0.2, 0.25) is 5.02 Å². The molecule has 0 saturated carbocycles. The van der Waals surface area contributed by atoms with E-state index in [4.69, 9.17) is 16.3 Å². The van der Waals surface area contributed by atoms with Crippen molar-refractivity contribution < 1.29 is 9.53 Å². The monoisotopic (exact) mass is 410 g/mol. The van der Waals surface area contributed by atoms with Crippen molar-refractivity contribution in [3.63, 3.8) is 0 Å². The Kier molecular flexibility index (Phi) is 5.10. The van der Waals surface area contributed by atoms with Crippen molar-refractivity contribution >= 4 is 50.6 Å². The van der Waals surface area contributed by atoms with E-state index in [-0.39, 0.29) is 6.03 Å². The van der Waals surface area contributed by atoms with Crippen molar-refractivity contribution in [2.45, 2.75) is 0 Å². The molecule has 0 atom stereocenters. The molecule has 2 aromatic heterocycles. The van der Waals surface area contributed by atoms with Crippen LogP contribution >= 0.6 is 22.9 Å². The van der Waals surface area contributed by atoms with Gasteiger partial charge in [0.1, 0.15) is 12.1 Å². The molecule has 2 aromatic carbocycles. The molecule has 0 saturated heterocycles. The minimum Gasteiger partial charge on any atom is -0.495 e. The number of urea groups is 1. The number of anilines is 2. The molecule has 8 heteroatoms. The minimum atomic E-state index is -0.364. The number of hydrogen-bond donors (Lipinski definition) is 2. The lowest BCUT2D eigenvalue weighted by molar-refractivity contribution is 0.262. The SMILES string of the molecule is COc1ccc(NC(=O)Nc2ccc(-c3ncnc4ccsc34)cc2)cc1Cl. The second-order valence-electron chi connectivity index (χ2n) is 5.86. The zero-order valence-electron chi connectivity index (χ0n) is 14.8. The molecule has 0 radical (unpaired) electrons. The second-order valence-corrected chi connectivity index (χ2v) is 7.19. The summed E-state index contributed by atoms with van der Waals surface area (Å²) in [6.07, 6.45) is 1.56. The number of thiophene rings is 1. The number of benzene rings is 2. The predicted molar refractivity (Wildman–Crippen MR) is 113 cm³/mol. The van der Waals surface area contributed by atoms with Gasteiger partial charge in [-0.25, -0.2) is 14.8 Å². The van der Waals surface area contributed by atoms with Gasteiger partial charge in [-0.1, -0.05) is 23.7 Å². The zero-order chi connectivity index (χ0) is 19.5. The largest absolute Gasteiger partial charge is 0.495 e. The summed E-state index contributed by atoms with van der Waals surface area (Å²) in [5.41, 5.74) is 4.00. The number of rotatable bonds is 4. The van der Waals surface area contributed by atoms with Crippen molar-refractivity contribution in [3.8, 4) is 17.0 Å². The number of nitrogens with zero attached hydrogens (tertiary/aromatic N) is 2. The standard InChI is InChI=1S/C20H15ClN4O2S/c1-27-17-7-6-14(10-15(17)21)25-20(26)24-13-4-2-12(3-5-13)18-19-16(8-9-28-19)22-11-23-18/h2-11H,1H3,(H2,24,25,26). The number of ether oxygens (including phenoxy) is 1. The number of aromatic nitrogens is 2. The first-order valence-corrected chi connectivity index (χ1v) is 9.60. The highest BCUT2D eigenvalue weighted by atomic mass is 35.5. The molecule has 140 valence electrons. The first kappa shape index (κ1) is 18.2. The molecule has 2 heterocycles. The normalized spacial score (nSPS) is 10.6. The van der Waals surface area contributed by atoms with Gasteiger partial charge in [-0.15, -0.1) is 11.3 Å². The molecule has 0 aliphatic heterocycles. The van der Waals surface area contributed by atoms with E-state index < -0.39 is 0 Å². The van der Waals surface area contributed by atoms with E-state index in [1.807, 2.05) is 35.7 Å². The van der Waals surface area contributed by atoms with Gasteiger partial charge in [0.2, 0.25) is 0 Å². The third-order valence-electron chi connectivity index (χ3n) is 4.07. The molecule has 0 bridgehead atoms. The van der Waals surface area contributed by atoms with Crippen LogP contribution in [0, 0.1) is 0 Å². The Balaban J connectivity index is 1.46. The molecule has 0 aliphatic carbocycles. The topological polar surface area (TPSA) is 76.1 Å². The molecule has 4 rings (SSSR count). The third kappa shape index (κ3) is 3.76. The Morgan fingerprint density at radius 2 is 1.79 bits per heavy atom. The summed E-state index contributed by atoms with van der Waals surface area (Å²) in [5, 5.41) is 7.96. The van der Waals surface area contributed by atoms with Crippen molar-refractivity contribution in [1.29, 1.82) is 0 Å². The van der Waals surface area contributed by atoms with Gasteiger partial charge in [-0.3, -0.25) is 0 Å². The number of carbonyl (C=O) groups excluding carboxylic acids is 1. The highest BCUT2D eigenvalue weighted by Crippen LogP contribution is 2.30. The molecule has 0 spiro atoms. The molecule has 2 amide bonds. The Morgan fingerprint density at radius 1 is 1.04 bits per heavy atom. The van der Waals surface area contributed by atoms with Gasteiger partial charge in [0.05, 0.1) is 28.0 Å². The molecule has 0 fully saturated rings. The average molecular weight is 411 g/mol. The zero-order valence-corrected chi connectivity index (χ0v) is 16.3. The maximum absolute atomic E-state index is 12.2. The van der Waals surface area contributed by atoms with E-state index in [1.54, 1.807) is 35.9 Å². The van der Waals surface area contributed by atoms with E-state index in [0.29, 0.717) is 22.1 Å². The lowest BCUT2D eigenvalue weighted by Gasteiger charge is -2.10. The number of methoxy groups -OCH3 is 1. The van der Waals surface area contributed by atoms with E-state index in [1.165, 1.54) is 7.11 Å². The molecular formula is C20H15ClN4O2S. The number of nitrogens with one attached hydrogen (secondary N) is 2. The van der Waals surface area contributed by atoms with Crippen LogP contribution in [0.3, 0.4) is 0 Å². The number of halogens is 1. The van der Waals surface area contributed by atoms with Crippen molar-refractivity contribution in [2.75, 3.05) is 17.7 Å². The smallest absolute Gasteiger partial charge is 0.323 e. The molecule has 2 N–H and O–H groups in total. The van der Waals surface area contributed by atoms with Crippen LogP contribution in [0.4, 0.5) is 16.2 Å². The van der Waals surface area contributed by atoms with E-state index in [0.717, 1.165) is 21.5 Å². The average Bonchev–Trinajstić information content (AvgIpc) is 3.18. The Morgan fingerprint density at radius 3 is 2.54 bits per heavy atom. The Labute approximate surface area is 170 Å². The maximum atomic E-state index is 12.2. The van der Waals surface area contributed by atoms with E-state index in [9.17, 15) is 4.79 Å². The highest BCUT2D eigenvalue weighted by Gasteiger charge is 2.09. The fraction of sp³-hybridized carbons (Fsp3) is 0.0500. The van der Waals surface area contributed by atoms with Gasteiger partial charge < -0.3 is 15.4 Å². The quantitative estimate of drug-likeness (QED) is 0.454. The Hall–Kier alpha value is -3.16. The van der Waals surface area contributed by atoms with Gasteiger partial charge in [0, 0.05) is 16.9 Å². The van der Waals surface area contributed by atoms with Gasteiger partial charge >= 0.3 is 6.03 Å². The van der Waals surface area contributed by atoms with Gasteiger partial charge in [-0.2, -0.15) is 0 Å². The van der Waals surface area contributed by atoms with Crippen molar-refractivity contribution in [2.24, 2.45) is 0 Å². The molecule has 6 nitrogen and oxygen atoms in total. The molecule has 4 aromatic rings. The van der Waals surface area contributed by atoms with E-state index in [2.05, 4.69) is 20.6 Å². The van der Waals surface area contributed by atoms with Crippen LogP contribution in [0.25, 0.3) is 21.5 Å². The molecular weight excluding hydrogens is 396 g/mol. The molecule has 0 aliphatic rings. The third-order valence-corrected chi connectivity index (χ3v) is 5.27. The number of hydrogen-bond acceptors (Lipinski definition) is 5. The van der Waals surface area contributed by atoms with Crippen molar-refractivity contribution in [1.82, 2.24) is 9.97 Å². The minimum absolute atomic E-state index is 0.364. The van der Waals surface area contributed by atoms with Crippen LogP contribution in [0.1, 0.15) is 0 Å². The lowest BCUT2D eigenvalue weighted by atomic mass is 10.1. The van der Waals surface area contributed by atoms with Crippen LogP contribution in [0.15, 0.2) is 60.2 Å². The first-order chi connectivity index (χ1) is 13.6. The summed E-state index contributed by atoms with van der Waals surface area (Å²) < 4.78 is 6.14. The summed E-state index contributed by atoms with van der Waals surface area (Å²) in [4.78, 5) is 20.9. The summed E-state index contributed by atoms with van der Waals surface area (Å²) in [5.74, 6) is 0.549. The summed E-state index contributed by atoms with van der Waals surface area (Å²) in [6.45, 7) is 0. The van der Waals surface area contributed by atoms with Crippen LogP contribution in [-0.2, 0) is 0 Å². The number of carbonyl (C=O) groups is 1. The maximum Gasteiger partial charge on any atom is 0.323 e. The van der Waals surface area contributed by atoms with Crippen LogP contribution < -0.4 is 15.4 Å². The van der Waals surface area contributed by atoms with Gasteiger partial charge in [-0.05, 0) is 41.8 Å². The first-order valence-electron chi connectivity index (χ1n) is 8.34. The van der Waals surface area contributed by atoms with Gasteiger partial charge in [0.15, 0.2) is 0 Å². The molecule has 28 heavy (non-hydrogen) atoms. The number of fused-ring (bicyclic) bond motifs is 1. The summed E-state index contributed by atoms with van der Waals surface area (Å²) in [6, 6.07) is 14.1. The van der Waals surface area contributed by atoms with E-state index >= 15 is 0 Å². The van der Waals surface area contributed by atoms with Crippen LogP contribution in [-0.4, -0.2) is 23.1 Å². The summed E-state index contributed by atoms with van der Waals surface area (Å²) >= 11 is 7.68. The number of amides is 2. The Bertz CT molecular complexity index is 1140. The lowest BCUT2D eigenvalue weighted by Crippen LogP contribution is -2.19. The second kappa shape index (κ2) is 7.84. The van der Waals surface area contributed by atoms with Crippen molar-refractivity contribution in [3.05, 3.63) is 65.3 Å². The fourth-order valence-corrected chi connectivity index (χ4v) is 3.86. The summed E-state index contributed by atoms with van der Waals surface area (Å²) in [7, 11) is 1.54. The van der Waals surface area contributed by atoms with Gasteiger partial charge in [0.25, 0.3) is 0 Å². The molecule has 0 unspecified atom stereocenters.